The van der Waals surface area contributed by atoms with Crippen LogP contribution in [0.15, 0.2) is 48.7 Å². The highest BCUT2D eigenvalue weighted by Crippen LogP contribution is 2.25. The molecule has 0 unspecified atom stereocenters. The summed E-state index contributed by atoms with van der Waals surface area (Å²) in [6.45, 7) is 0.645. The number of rotatable bonds is 5. The number of carbonyl (C=O) groups excluding carboxylic acids is 1. The lowest BCUT2D eigenvalue weighted by Crippen LogP contribution is -2.16. The van der Waals surface area contributed by atoms with Crippen LogP contribution < -0.4 is 0 Å². The summed E-state index contributed by atoms with van der Waals surface area (Å²) in [5.74, 6) is 0. The van der Waals surface area contributed by atoms with Gasteiger partial charge in [-0.15, -0.1) is 0 Å². The normalized spacial score (nSPS) is 12.2. The van der Waals surface area contributed by atoms with E-state index in [1.54, 1.807) is 12.3 Å². The van der Waals surface area contributed by atoms with Gasteiger partial charge in [0.15, 0.2) is 6.29 Å². The van der Waals surface area contributed by atoms with E-state index in [4.69, 9.17) is 11.6 Å². The summed E-state index contributed by atoms with van der Waals surface area (Å²) in [6.07, 6.45) is 2.61. The van der Waals surface area contributed by atoms with E-state index >= 15 is 0 Å². The molecule has 0 spiro atoms. The van der Waals surface area contributed by atoms with Gasteiger partial charge in [0.2, 0.25) is 0 Å². The van der Waals surface area contributed by atoms with Gasteiger partial charge in [-0.25, -0.2) is 4.98 Å². The Morgan fingerprint density at radius 2 is 1.86 bits per heavy atom. The fourth-order valence-electron chi connectivity index (χ4n) is 2.13. The van der Waals surface area contributed by atoms with Gasteiger partial charge in [0.25, 0.3) is 0 Å². The molecule has 1 heterocycles. The molecular weight excluding hydrogens is 284 g/mol. The highest BCUT2D eigenvalue weighted by atomic mass is 35.5. The lowest BCUT2D eigenvalue weighted by molar-refractivity contribution is -0.103. The summed E-state index contributed by atoms with van der Waals surface area (Å²) in [6, 6.07) is 13.3. The van der Waals surface area contributed by atoms with Crippen LogP contribution >= 0.6 is 11.6 Å². The van der Waals surface area contributed by atoms with Gasteiger partial charge in [0.05, 0.1) is 0 Å². The molecule has 0 saturated carbocycles. The van der Waals surface area contributed by atoms with E-state index in [1.807, 2.05) is 55.4 Å². The van der Waals surface area contributed by atoms with Crippen molar-refractivity contribution in [2.75, 3.05) is 20.6 Å². The van der Waals surface area contributed by atoms with E-state index in [0.717, 1.165) is 23.0 Å². The van der Waals surface area contributed by atoms with E-state index in [-0.39, 0.29) is 0 Å². The van der Waals surface area contributed by atoms with E-state index in [1.165, 1.54) is 0 Å². The minimum atomic E-state index is 0.440. The van der Waals surface area contributed by atoms with Crippen LogP contribution in [0.25, 0.3) is 11.1 Å². The van der Waals surface area contributed by atoms with Gasteiger partial charge in [-0.2, -0.15) is 0 Å². The zero-order valence-electron chi connectivity index (χ0n) is 12.1. The SMILES string of the molecule is CN(C)CC(=C(C=O)c1ccccc1)c1ccc(Cl)nc1. The van der Waals surface area contributed by atoms with E-state index in [9.17, 15) is 4.79 Å². The Balaban J connectivity index is 2.58. The molecule has 1 aromatic heterocycles. The molecule has 0 N–H and O–H groups in total. The molecule has 3 nitrogen and oxygen atoms in total. The van der Waals surface area contributed by atoms with Crippen LogP contribution in [0.2, 0.25) is 5.15 Å². The number of aldehydes is 1. The number of hydrogen-bond donors (Lipinski definition) is 0. The number of likely N-dealkylation sites (N-methyl/N-ethyl adjacent to an activating group) is 1. The summed E-state index contributed by atoms with van der Waals surface area (Å²) in [5.41, 5.74) is 3.41. The minimum absolute atomic E-state index is 0.440. The molecule has 0 aliphatic heterocycles. The molecule has 1 aromatic carbocycles. The van der Waals surface area contributed by atoms with Crippen LogP contribution in [-0.4, -0.2) is 36.8 Å². The summed E-state index contributed by atoms with van der Waals surface area (Å²) in [5, 5.41) is 0.440. The fourth-order valence-corrected chi connectivity index (χ4v) is 2.25. The summed E-state index contributed by atoms with van der Waals surface area (Å²) in [7, 11) is 3.94. The predicted octanol–water partition coefficient (Wildman–Crippen LogP) is 3.41. The molecular formula is C17H17ClN2O. The monoisotopic (exact) mass is 300 g/mol. The Hall–Kier alpha value is -1.97. The molecule has 0 amide bonds. The maximum atomic E-state index is 11.6. The highest BCUT2D eigenvalue weighted by Gasteiger charge is 2.12. The summed E-state index contributed by atoms with van der Waals surface area (Å²) >= 11 is 5.85. The number of hydrogen-bond acceptors (Lipinski definition) is 3. The Labute approximate surface area is 129 Å². The molecule has 0 fully saturated rings. The molecule has 0 atom stereocenters. The molecule has 21 heavy (non-hydrogen) atoms. The number of aromatic nitrogens is 1. The van der Waals surface area contributed by atoms with Crippen molar-refractivity contribution in [3.63, 3.8) is 0 Å². The third-order valence-electron chi connectivity index (χ3n) is 3.08. The molecule has 0 aliphatic carbocycles. The number of carbonyl (C=O) groups is 1. The molecule has 0 bridgehead atoms. The van der Waals surface area contributed by atoms with Crippen molar-refractivity contribution in [2.24, 2.45) is 0 Å². The second-order valence-electron chi connectivity index (χ2n) is 4.98. The first kappa shape index (κ1) is 15.4. The van der Waals surface area contributed by atoms with Gasteiger partial charge in [-0.3, -0.25) is 4.79 Å². The van der Waals surface area contributed by atoms with Crippen molar-refractivity contribution in [3.05, 3.63) is 64.9 Å². The summed E-state index contributed by atoms with van der Waals surface area (Å²) in [4.78, 5) is 17.8. The first-order chi connectivity index (χ1) is 10.1. The standard InChI is InChI=1S/C17H17ClN2O/c1-20(2)11-15(14-8-9-17(18)19-10-14)16(12-21)13-6-4-3-5-7-13/h3-10,12H,11H2,1-2H3. The third kappa shape index (κ3) is 4.00. The molecule has 4 heteroatoms. The third-order valence-corrected chi connectivity index (χ3v) is 3.30. The molecule has 0 radical (unpaired) electrons. The first-order valence-electron chi connectivity index (χ1n) is 6.62. The van der Waals surface area contributed by atoms with E-state index in [0.29, 0.717) is 17.3 Å². The lowest BCUT2D eigenvalue weighted by Gasteiger charge is -2.17. The largest absolute Gasteiger partial charge is 0.305 e. The van der Waals surface area contributed by atoms with Gasteiger partial charge in [0.1, 0.15) is 5.15 Å². The number of pyridine rings is 1. The zero-order valence-corrected chi connectivity index (χ0v) is 12.8. The highest BCUT2D eigenvalue weighted by molar-refractivity contribution is 6.29. The van der Waals surface area contributed by atoms with Crippen LogP contribution in [0.5, 0.6) is 0 Å². The number of nitrogens with zero attached hydrogens (tertiary/aromatic N) is 2. The molecule has 2 rings (SSSR count). The van der Waals surface area contributed by atoms with Crippen LogP contribution in [0.1, 0.15) is 11.1 Å². The quantitative estimate of drug-likeness (QED) is 0.482. The van der Waals surface area contributed by atoms with Crippen molar-refractivity contribution in [3.8, 4) is 0 Å². The lowest BCUT2D eigenvalue weighted by atomic mass is 9.96. The summed E-state index contributed by atoms with van der Waals surface area (Å²) < 4.78 is 0. The predicted molar refractivity (Wildman–Crippen MR) is 87.1 cm³/mol. The van der Waals surface area contributed by atoms with Crippen LogP contribution in [0.4, 0.5) is 0 Å². The van der Waals surface area contributed by atoms with Crippen molar-refractivity contribution in [1.29, 1.82) is 0 Å². The van der Waals surface area contributed by atoms with Crippen LogP contribution in [0, 0.1) is 0 Å². The number of benzene rings is 1. The molecule has 108 valence electrons. The Bertz CT molecular complexity index is 634. The smallest absolute Gasteiger partial charge is 0.151 e. The minimum Gasteiger partial charge on any atom is -0.305 e. The van der Waals surface area contributed by atoms with Crippen LogP contribution in [0.3, 0.4) is 0 Å². The average molecular weight is 301 g/mol. The maximum absolute atomic E-state index is 11.6. The van der Waals surface area contributed by atoms with Gasteiger partial charge in [-0.05, 0) is 36.9 Å². The first-order valence-corrected chi connectivity index (χ1v) is 7.00. The molecule has 0 saturated heterocycles. The molecule has 2 aromatic rings. The van der Waals surface area contributed by atoms with E-state index < -0.39 is 0 Å². The number of allylic oxidation sites excluding steroid dienone is 1. The van der Waals surface area contributed by atoms with Gasteiger partial charge in [-0.1, -0.05) is 48.0 Å². The second kappa shape index (κ2) is 7.16. The van der Waals surface area contributed by atoms with Crippen molar-refractivity contribution >= 4 is 29.0 Å². The van der Waals surface area contributed by atoms with Gasteiger partial charge < -0.3 is 4.90 Å². The Morgan fingerprint density at radius 1 is 1.14 bits per heavy atom. The Morgan fingerprint density at radius 3 is 2.38 bits per heavy atom. The van der Waals surface area contributed by atoms with E-state index in [2.05, 4.69) is 4.98 Å². The van der Waals surface area contributed by atoms with Gasteiger partial charge in [0, 0.05) is 18.3 Å². The van der Waals surface area contributed by atoms with Crippen molar-refractivity contribution < 1.29 is 4.79 Å². The average Bonchev–Trinajstić information content (AvgIpc) is 2.48. The van der Waals surface area contributed by atoms with Crippen molar-refractivity contribution in [2.45, 2.75) is 0 Å². The van der Waals surface area contributed by atoms with Crippen molar-refractivity contribution in [1.82, 2.24) is 9.88 Å². The second-order valence-corrected chi connectivity index (χ2v) is 5.37. The maximum Gasteiger partial charge on any atom is 0.151 e. The van der Waals surface area contributed by atoms with Crippen LogP contribution in [-0.2, 0) is 4.79 Å². The molecule has 0 aliphatic rings. The number of halogens is 1. The fraction of sp³-hybridized carbons (Fsp3) is 0.176. The topological polar surface area (TPSA) is 33.2 Å². The zero-order chi connectivity index (χ0) is 15.2. The Kier molecular flexibility index (Phi) is 5.26. The van der Waals surface area contributed by atoms with Gasteiger partial charge >= 0.3 is 0 Å².